The Morgan fingerprint density at radius 1 is 1.50 bits per heavy atom. The quantitative estimate of drug-likeness (QED) is 0.481. The van der Waals surface area contributed by atoms with Gasteiger partial charge in [-0.3, -0.25) is 4.79 Å². The van der Waals surface area contributed by atoms with Gasteiger partial charge < -0.3 is 5.11 Å². The van der Waals surface area contributed by atoms with Crippen LogP contribution in [0.4, 0.5) is 0 Å². The summed E-state index contributed by atoms with van der Waals surface area (Å²) in [6.07, 6.45) is 4.92. The molecule has 0 heterocycles. The summed E-state index contributed by atoms with van der Waals surface area (Å²) in [6, 6.07) is 5.02. The molecule has 2 N–H and O–H groups in total. The lowest BCUT2D eigenvalue weighted by Gasteiger charge is -2.00. The van der Waals surface area contributed by atoms with Gasteiger partial charge in [-0.2, -0.15) is 5.10 Å². The Balaban J connectivity index is 2.44. The van der Waals surface area contributed by atoms with Crippen molar-refractivity contribution in [2.24, 2.45) is 5.10 Å². The molecule has 0 atom stereocenters. The minimum atomic E-state index is -0.103. The average Bonchev–Trinajstić information content (AvgIpc) is 2.34. The van der Waals surface area contributed by atoms with Crippen LogP contribution in [0.1, 0.15) is 38.2 Å². The van der Waals surface area contributed by atoms with E-state index >= 15 is 0 Å². The van der Waals surface area contributed by atoms with E-state index in [2.05, 4.69) is 33.4 Å². The Labute approximate surface area is 115 Å². The second-order valence-electron chi connectivity index (χ2n) is 3.95. The van der Waals surface area contributed by atoms with E-state index in [4.69, 9.17) is 0 Å². The van der Waals surface area contributed by atoms with Gasteiger partial charge >= 0.3 is 0 Å². The Hall–Kier alpha value is -1.36. The molecule has 0 unspecified atom stereocenters. The standard InChI is InChI=1S/C13H17BrN2O2/c1-2-3-4-5-13(18)16-15-9-10-8-11(14)6-7-12(10)17/h6-9,17H,2-5H2,1H3,(H,16,18)/b15-9-. The molecular formula is C13H17BrN2O2. The highest BCUT2D eigenvalue weighted by atomic mass is 79.9. The number of nitrogens with zero attached hydrogens (tertiary/aromatic N) is 1. The number of carbonyl (C=O) groups is 1. The average molecular weight is 313 g/mol. The number of unbranched alkanes of at least 4 members (excludes halogenated alkanes) is 2. The molecule has 4 nitrogen and oxygen atoms in total. The summed E-state index contributed by atoms with van der Waals surface area (Å²) in [4.78, 5) is 11.4. The highest BCUT2D eigenvalue weighted by Gasteiger charge is 2.00. The second-order valence-corrected chi connectivity index (χ2v) is 4.87. The van der Waals surface area contributed by atoms with Crippen LogP contribution in [0.15, 0.2) is 27.8 Å². The van der Waals surface area contributed by atoms with Crippen molar-refractivity contribution in [1.29, 1.82) is 0 Å². The smallest absolute Gasteiger partial charge is 0.240 e. The van der Waals surface area contributed by atoms with Gasteiger partial charge in [0.25, 0.3) is 0 Å². The molecule has 0 saturated heterocycles. The number of benzene rings is 1. The van der Waals surface area contributed by atoms with Crippen molar-refractivity contribution in [2.45, 2.75) is 32.6 Å². The zero-order valence-electron chi connectivity index (χ0n) is 10.3. The minimum absolute atomic E-state index is 0.103. The SMILES string of the molecule is CCCCCC(=O)N/N=C\c1cc(Br)ccc1O. The second kappa shape index (κ2) is 7.87. The zero-order chi connectivity index (χ0) is 13.4. The minimum Gasteiger partial charge on any atom is -0.507 e. The van der Waals surface area contributed by atoms with Crippen LogP contribution in [0.2, 0.25) is 0 Å². The van der Waals surface area contributed by atoms with Gasteiger partial charge in [-0.25, -0.2) is 5.43 Å². The van der Waals surface area contributed by atoms with Crippen molar-refractivity contribution in [3.05, 3.63) is 28.2 Å². The van der Waals surface area contributed by atoms with E-state index in [1.807, 2.05) is 0 Å². The molecule has 1 aromatic carbocycles. The fraction of sp³-hybridized carbons (Fsp3) is 0.385. The van der Waals surface area contributed by atoms with Gasteiger partial charge in [0, 0.05) is 16.5 Å². The molecule has 0 saturated carbocycles. The first-order chi connectivity index (χ1) is 8.63. The molecule has 0 aromatic heterocycles. The number of phenolic OH excluding ortho intramolecular Hbond substituents is 1. The summed E-state index contributed by atoms with van der Waals surface area (Å²) in [6.45, 7) is 2.09. The van der Waals surface area contributed by atoms with E-state index < -0.39 is 0 Å². The lowest BCUT2D eigenvalue weighted by molar-refractivity contribution is -0.121. The number of hydrogen-bond donors (Lipinski definition) is 2. The number of aromatic hydroxyl groups is 1. The van der Waals surface area contributed by atoms with Gasteiger partial charge in [-0.05, 0) is 24.6 Å². The third-order valence-corrected chi connectivity index (χ3v) is 2.88. The van der Waals surface area contributed by atoms with E-state index in [1.54, 1.807) is 18.2 Å². The van der Waals surface area contributed by atoms with E-state index in [9.17, 15) is 9.90 Å². The molecule has 0 aliphatic heterocycles. The molecule has 1 aromatic rings. The van der Waals surface area contributed by atoms with Crippen molar-refractivity contribution in [2.75, 3.05) is 0 Å². The molecule has 5 heteroatoms. The number of carbonyl (C=O) groups excluding carboxylic acids is 1. The maximum absolute atomic E-state index is 11.4. The number of nitrogens with one attached hydrogen (secondary N) is 1. The number of hydrogen-bond acceptors (Lipinski definition) is 3. The predicted molar refractivity (Wildman–Crippen MR) is 75.7 cm³/mol. The molecule has 0 radical (unpaired) electrons. The third kappa shape index (κ3) is 5.31. The Morgan fingerprint density at radius 3 is 3.00 bits per heavy atom. The molecule has 98 valence electrons. The maximum atomic E-state index is 11.4. The van der Waals surface area contributed by atoms with E-state index in [1.165, 1.54) is 6.21 Å². The monoisotopic (exact) mass is 312 g/mol. The van der Waals surface area contributed by atoms with Crippen molar-refractivity contribution in [3.63, 3.8) is 0 Å². The summed E-state index contributed by atoms with van der Waals surface area (Å²) in [5.41, 5.74) is 2.99. The summed E-state index contributed by atoms with van der Waals surface area (Å²) in [5.74, 6) is 0.0244. The first kappa shape index (κ1) is 14.7. The predicted octanol–water partition coefficient (Wildman–Crippen LogP) is 3.19. The third-order valence-electron chi connectivity index (χ3n) is 2.39. The van der Waals surface area contributed by atoms with Gasteiger partial charge in [-0.15, -0.1) is 0 Å². The lowest BCUT2D eigenvalue weighted by Crippen LogP contribution is -2.16. The number of amides is 1. The molecule has 0 fully saturated rings. The first-order valence-corrected chi connectivity index (χ1v) is 6.73. The molecule has 1 rings (SSSR count). The van der Waals surface area contributed by atoms with Crippen molar-refractivity contribution in [3.8, 4) is 5.75 Å². The number of halogens is 1. The summed E-state index contributed by atoms with van der Waals surface area (Å²) >= 11 is 3.30. The number of hydrazone groups is 1. The number of rotatable bonds is 6. The Kier molecular flexibility index (Phi) is 6.43. The molecule has 0 aliphatic carbocycles. The molecule has 1 amide bonds. The van der Waals surface area contributed by atoms with Crippen LogP contribution in [0.25, 0.3) is 0 Å². The largest absolute Gasteiger partial charge is 0.507 e. The highest BCUT2D eigenvalue weighted by Crippen LogP contribution is 2.19. The fourth-order valence-corrected chi connectivity index (χ4v) is 1.77. The van der Waals surface area contributed by atoms with Crippen LogP contribution in [-0.4, -0.2) is 17.2 Å². The van der Waals surface area contributed by atoms with Crippen LogP contribution in [0.3, 0.4) is 0 Å². The van der Waals surface area contributed by atoms with Crippen LogP contribution in [0.5, 0.6) is 5.75 Å². The van der Waals surface area contributed by atoms with Crippen molar-refractivity contribution < 1.29 is 9.90 Å². The first-order valence-electron chi connectivity index (χ1n) is 5.94. The van der Waals surface area contributed by atoms with Crippen LogP contribution in [0, 0.1) is 0 Å². The van der Waals surface area contributed by atoms with Gasteiger partial charge in [0.15, 0.2) is 0 Å². The van der Waals surface area contributed by atoms with Crippen molar-refractivity contribution in [1.82, 2.24) is 5.43 Å². The van der Waals surface area contributed by atoms with Crippen LogP contribution < -0.4 is 5.43 Å². The molecule has 0 aliphatic rings. The lowest BCUT2D eigenvalue weighted by atomic mass is 10.2. The summed E-state index contributed by atoms with van der Waals surface area (Å²) in [5, 5.41) is 13.4. The maximum Gasteiger partial charge on any atom is 0.240 e. The van der Waals surface area contributed by atoms with Gasteiger partial charge in [0.2, 0.25) is 5.91 Å². The van der Waals surface area contributed by atoms with Crippen LogP contribution in [-0.2, 0) is 4.79 Å². The van der Waals surface area contributed by atoms with E-state index in [-0.39, 0.29) is 11.7 Å². The molecule has 18 heavy (non-hydrogen) atoms. The van der Waals surface area contributed by atoms with Gasteiger partial charge in [0.05, 0.1) is 6.21 Å². The highest BCUT2D eigenvalue weighted by molar-refractivity contribution is 9.10. The molecule has 0 spiro atoms. The summed E-state index contributed by atoms with van der Waals surface area (Å²) < 4.78 is 0.844. The molecular weight excluding hydrogens is 296 g/mol. The Bertz CT molecular complexity index is 433. The molecule has 0 bridgehead atoms. The fourth-order valence-electron chi connectivity index (χ4n) is 1.39. The van der Waals surface area contributed by atoms with Crippen molar-refractivity contribution >= 4 is 28.1 Å². The summed E-state index contributed by atoms with van der Waals surface area (Å²) in [7, 11) is 0. The van der Waals surface area contributed by atoms with E-state index in [0.29, 0.717) is 12.0 Å². The van der Waals surface area contributed by atoms with Gasteiger partial charge in [0.1, 0.15) is 5.75 Å². The van der Waals surface area contributed by atoms with E-state index in [0.717, 1.165) is 23.7 Å². The topological polar surface area (TPSA) is 61.7 Å². The van der Waals surface area contributed by atoms with Gasteiger partial charge in [-0.1, -0.05) is 35.7 Å². The zero-order valence-corrected chi connectivity index (χ0v) is 11.9. The number of phenols is 1. The Morgan fingerprint density at radius 2 is 2.28 bits per heavy atom. The normalized spacial score (nSPS) is 10.8. The van der Waals surface area contributed by atoms with Crippen LogP contribution >= 0.6 is 15.9 Å².